The lowest BCUT2D eigenvalue weighted by Crippen LogP contribution is -2.23. The average molecular weight is 525 g/mol. The van der Waals surface area contributed by atoms with Crippen LogP contribution in [-0.2, 0) is 4.79 Å². The summed E-state index contributed by atoms with van der Waals surface area (Å²) in [6.07, 6.45) is 0. The van der Waals surface area contributed by atoms with Crippen LogP contribution < -0.4 is 15.6 Å². The second-order valence-corrected chi connectivity index (χ2v) is 9.35. The molecule has 35 heavy (non-hydrogen) atoms. The summed E-state index contributed by atoms with van der Waals surface area (Å²) in [4.78, 5) is 34.3. The first-order chi connectivity index (χ1) is 16.9. The van der Waals surface area contributed by atoms with E-state index in [-0.39, 0.29) is 17.2 Å². The fraction of sp³-hybridized carbons (Fsp3) is 0.0800. The molecule has 0 fully saturated rings. The van der Waals surface area contributed by atoms with E-state index in [1.807, 2.05) is 24.3 Å². The van der Waals surface area contributed by atoms with Crippen LogP contribution in [0.1, 0.15) is 0 Å². The molecule has 0 aliphatic carbocycles. The number of nitrogens with zero attached hydrogens (tertiary/aromatic N) is 2. The molecule has 0 saturated carbocycles. The molecule has 176 valence electrons. The standard InChI is InChI=1S/C25H18Cl2N4O3S/c1-34-16-6-4-5-15(12-16)31-24(33)23-22(17-7-2-3-8-20(17)29-23)30-25(31)35-13-21(32)28-14-9-10-18(26)19(27)11-14/h2-12,29H,13H2,1H3,(H,28,32). The molecule has 0 atom stereocenters. The number of aromatic amines is 1. The highest BCUT2D eigenvalue weighted by Gasteiger charge is 2.18. The highest BCUT2D eigenvalue weighted by Crippen LogP contribution is 2.28. The number of amides is 1. The van der Waals surface area contributed by atoms with E-state index in [0.29, 0.717) is 43.4 Å². The number of carbonyl (C=O) groups excluding carboxylic acids is 1. The number of ether oxygens (including phenoxy) is 1. The van der Waals surface area contributed by atoms with Gasteiger partial charge in [0.1, 0.15) is 16.8 Å². The van der Waals surface area contributed by atoms with Gasteiger partial charge in [-0.1, -0.05) is 59.2 Å². The number of aromatic nitrogens is 3. The van der Waals surface area contributed by atoms with Gasteiger partial charge in [-0.2, -0.15) is 0 Å². The molecule has 2 aromatic heterocycles. The number of methoxy groups -OCH3 is 1. The van der Waals surface area contributed by atoms with Crippen molar-refractivity contribution >= 4 is 68.5 Å². The topological polar surface area (TPSA) is 89.0 Å². The molecular formula is C25H18Cl2N4O3S. The fourth-order valence-corrected chi connectivity index (χ4v) is 4.82. The number of rotatable bonds is 6. The minimum atomic E-state index is -0.279. The third-order valence-electron chi connectivity index (χ3n) is 5.34. The molecule has 0 radical (unpaired) electrons. The molecule has 7 nitrogen and oxygen atoms in total. The first-order valence-electron chi connectivity index (χ1n) is 10.5. The number of thioether (sulfide) groups is 1. The number of carbonyl (C=O) groups is 1. The van der Waals surface area contributed by atoms with Gasteiger partial charge in [-0.25, -0.2) is 4.98 Å². The van der Waals surface area contributed by atoms with E-state index >= 15 is 0 Å². The van der Waals surface area contributed by atoms with E-state index in [4.69, 9.17) is 32.9 Å². The normalized spacial score (nSPS) is 11.2. The molecule has 0 saturated heterocycles. The number of hydrogen-bond donors (Lipinski definition) is 2. The lowest BCUT2D eigenvalue weighted by molar-refractivity contribution is -0.113. The Labute approximate surface area is 214 Å². The van der Waals surface area contributed by atoms with Crippen molar-refractivity contribution in [2.45, 2.75) is 5.16 Å². The number of halogens is 2. The highest BCUT2D eigenvalue weighted by atomic mass is 35.5. The van der Waals surface area contributed by atoms with Gasteiger partial charge in [0, 0.05) is 22.7 Å². The van der Waals surface area contributed by atoms with Crippen LogP contribution in [0.4, 0.5) is 5.69 Å². The van der Waals surface area contributed by atoms with Gasteiger partial charge in [0.2, 0.25) is 5.91 Å². The van der Waals surface area contributed by atoms with Crippen molar-refractivity contribution in [2.75, 3.05) is 18.2 Å². The van der Waals surface area contributed by atoms with Crippen LogP contribution in [0, 0.1) is 0 Å². The monoisotopic (exact) mass is 524 g/mol. The molecule has 2 N–H and O–H groups in total. The largest absolute Gasteiger partial charge is 0.497 e. The van der Waals surface area contributed by atoms with Gasteiger partial charge in [-0.3, -0.25) is 14.2 Å². The average Bonchev–Trinajstić information content (AvgIpc) is 3.24. The number of fused-ring (bicyclic) bond motifs is 3. The number of H-pyrrole nitrogens is 1. The summed E-state index contributed by atoms with van der Waals surface area (Å²) in [7, 11) is 1.56. The van der Waals surface area contributed by atoms with Crippen molar-refractivity contribution in [1.82, 2.24) is 14.5 Å². The van der Waals surface area contributed by atoms with Crippen LogP contribution in [0.25, 0.3) is 27.6 Å². The number of anilines is 1. The minimum absolute atomic E-state index is 0.0184. The van der Waals surface area contributed by atoms with Gasteiger partial charge >= 0.3 is 0 Å². The van der Waals surface area contributed by atoms with Crippen molar-refractivity contribution in [3.8, 4) is 11.4 Å². The summed E-state index contributed by atoms with van der Waals surface area (Å²) in [5, 5.41) is 4.75. The summed E-state index contributed by atoms with van der Waals surface area (Å²) in [6, 6.07) is 19.6. The molecule has 0 aliphatic rings. The van der Waals surface area contributed by atoms with Gasteiger partial charge in [-0.15, -0.1) is 0 Å². The maximum absolute atomic E-state index is 13.6. The first-order valence-corrected chi connectivity index (χ1v) is 12.2. The van der Waals surface area contributed by atoms with Crippen LogP contribution in [0.5, 0.6) is 5.75 Å². The second kappa shape index (κ2) is 9.65. The second-order valence-electron chi connectivity index (χ2n) is 7.60. The highest BCUT2D eigenvalue weighted by molar-refractivity contribution is 7.99. The molecule has 10 heteroatoms. The molecule has 2 heterocycles. The zero-order valence-electron chi connectivity index (χ0n) is 18.3. The lowest BCUT2D eigenvalue weighted by atomic mass is 10.2. The number of benzene rings is 3. The molecule has 3 aromatic carbocycles. The molecule has 5 rings (SSSR count). The van der Waals surface area contributed by atoms with Gasteiger partial charge in [0.25, 0.3) is 5.56 Å². The van der Waals surface area contributed by atoms with Gasteiger partial charge in [-0.05, 0) is 36.4 Å². The zero-order valence-corrected chi connectivity index (χ0v) is 20.7. The summed E-state index contributed by atoms with van der Waals surface area (Å²) in [5.74, 6) is 0.336. The predicted octanol–water partition coefficient (Wildman–Crippen LogP) is 5.91. The third kappa shape index (κ3) is 4.60. The molecule has 5 aromatic rings. The van der Waals surface area contributed by atoms with E-state index in [9.17, 15) is 9.59 Å². The van der Waals surface area contributed by atoms with Crippen LogP contribution >= 0.6 is 35.0 Å². The quantitative estimate of drug-likeness (QED) is 0.213. The summed E-state index contributed by atoms with van der Waals surface area (Å²) in [5.41, 5.74) is 2.58. The summed E-state index contributed by atoms with van der Waals surface area (Å²) >= 11 is 13.2. The van der Waals surface area contributed by atoms with Crippen LogP contribution in [0.15, 0.2) is 76.7 Å². The van der Waals surface area contributed by atoms with Crippen LogP contribution in [0.3, 0.4) is 0 Å². The van der Waals surface area contributed by atoms with Gasteiger partial charge < -0.3 is 15.0 Å². The van der Waals surface area contributed by atoms with Gasteiger partial charge in [0.15, 0.2) is 5.16 Å². The molecule has 1 amide bonds. The van der Waals surface area contributed by atoms with E-state index in [1.165, 1.54) is 4.57 Å². The van der Waals surface area contributed by atoms with Crippen molar-refractivity contribution in [3.05, 3.63) is 87.1 Å². The van der Waals surface area contributed by atoms with Crippen molar-refractivity contribution in [3.63, 3.8) is 0 Å². The molecular weight excluding hydrogens is 507 g/mol. The zero-order chi connectivity index (χ0) is 24.5. The molecule has 0 aliphatic heterocycles. The van der Waals surface area contributed by atoms with E-state index in [1.54, 1.807) is 49.6 Å². The predicted molar refractivity (Wildman–Crippen MR) is 142 cm³/mol. The summed E-state index contributed by atoms with van der Waals surface area (Å²) < 4.78 is 6.82. The first kappa shape index (κ1) is 23.3. The smallest absolute Gasteiger partial charge is 0.283 e. The Morgan fingerprint density at radius 2 is 1.91 bits per heavy atom. The Hall–Kier alpha value is -3.46. The fourth-order valence-electron chi connectivity index (χ4n) is 3.72. The lowest BCUT2D eigenvalue weighted by Gasteiger charge is -2.13. The Morgan fingerprint density at radius 1 is 1.09 bits per heavy atom. The molecule has 0 unspecified atom stereocenters. The molecule has 0 bridgehead atoms. The molecule has 0 spiro atoms. The summed E-state index contributed by atoms with van der Waals surface area (Å²) in [6.45, 7) is 0. The van der Waals surface area contributed by atoms with E-state index < -0.39 is 0 Å². The van der Waals surface area contributed by atoms with Crippen molar-refractivity contribution < 1.29 is 9.53 Å². The maximum Gasteiger partial charge on any atom is 0.283 e. The van der Waals surface area contributed by atoms with E-state index in [2.05, 4.69) is 10.3 Å². The van der Waals surface area contributed by atoms with Gasteiger partial charge in [0.05, 0.1) is 28.6 Å². The third-order valence-corrected chi connectivity index (χ3v) is 7.02. The Kier molecular flexibility index (Phi) is 6.42. The Bertz CT molecular complexity index is 1650. The van der Waals surface area contributed by atoms with Crippen LogP contribution in [-0.4, -0.2) is 33.3 Å². The van der Waals surface area contributed by atoms with E-state index in [0.717, 1.165) is 22.7 Å². The SMILES string of the molecule is COc1cccc(-n2c(SCC(=O)Nc3ccc(Cl)c(Cl)c3)nc3c([nH]c4ccccc43)c2=O)c1. The Morgan fingerprint density at radius 3 is 2.71 bits per heavy atom. The Balaban J connectivity index is 1.55. The number of para-hydroxylation sites is 1. The number of hydrogen-bond acceptors (Lipinski definition) is 5. The van der Waals surface area contributed by atoms with Crippen molar-refractivity contribution in [2.24, 2.45) is 0 Å². The minimum Gasteiger partial charge on any atom is -0.497 e. The van der Waals surface area contributed by atoms with Crippen LogP contribution in [0.2, 0.25) is 10.0 Å². The van der Waals surface area contributed by atoms with Crippen molar-refractivity contribution in [1.29, 1.82) is 0 Å². The number of nitrogens with one attached hydrogen (secondary N) is 2. The maximum atomic E-state index is 13.6.